The molecule has 0 fully saturated rings. The fourth-order valence-corrected chi connectivity index (χ4v) is 2.90. The van der Waals surface area contributed by atoms with Gasteiger partial charge < -0.3 is 4.42 Å². The fraction of sp³-hybridized carbons (Fsp3) is 0.0476. The molecule has 2 aromatic carbocycles. The van der Waals surface area contributed by atoms with Gasteiger partial charge in [0.2, 0.25) is 5.69 Å². The highest BCUT2D eigenvalue weighted by atomic mass is 16.6. The second kappa shape index (κ2) is 8.30. The average Bonchev–Trinajstić information content (AvgIpc) is 3.37. The lowest BCUT2D eigenvalue weighted by Crippen LogP contribution is -1.95. The number of aryl methyl sites for hydroxylation is 1. The third-order valence-electron chi connectivity index (χ3n) is 4.32. The number of non-ortho nitro benzene ring substituents is 1. The molecule has 0 unspecified atom stereocenters. The smallest absolute Gasteiger partial charge is 0.269 e. The molecule has 0 aliphatic rings. The van der Waals surface area contributed by atoms with Crippen molar-refractivity contribution in [3.05, 3.63) is 88.1 Å². The highest BCUT2D eigenvalue weighted by Gasteiger charge is 2.13. The monoisotopic (exact) mass is 413 g/mol. The first-order valence-corrected chi connectivity index (χ1v) is 9.11. The standard InChI is InChI=1S/C21H15N7O3/c1-14-24-19(11-22)21(31-14)25-23-12-16-13-27(17-7-9-18(10-8-17)28(29)30)26-20(16)15-5-3-2-4-6-15/h2-10,12-13,25H,1H3/b23-12+. The number of nitro benzene ring substituents is 1. The molecule has 4 aromatic rings. The van der Waals surface area contributed by atoms with Crippen LogP contribution >= 0.6 is 0 Å². The molecule has 0 saturated heterocycles. The maximum absolute atomic E-state index is 10.9. The van der Waals surface area contributed by atoms with Crippen LogP contribution in [0.1, 0.15) is 17.1 Å². The van der Waals surface area contributed by atoms with Crippen molar-refractivity contribution in [3.8, 4) is 23.0 Å². The second-order valence-corrected chi connectivity index (χ2v) is 6.41. The number of nitrogens with zero attached hydrogens (tertiary/aromatic N) is 6. The van der Waals surface area contributed by atoms with Crippen LogP contribution in [0, 0.1) is 28.4 Å². The summed E-state index contributed by atoms with van der Waals surface area (Å²) in [7, 11) is 0. The predicted octanol–water partition coefficient (Wildman–Crippen LogP) is 4.06. The van der Waals surface area contributed by atoms with E-state index in [0.717, 1.165) is 5.56 Å². The quantitative estimate of drug-likeness (QED) is 0.286. The molecule has 0 spiro atoms. The maximum Gasteiger partial charge on any atom is 0.269 e. The molecular weight excluding hydrogens is 398 g/mol. The van der Waals surface area contributed by atoms with Gasteiger partial charge in [-0.3, -0.25) is 10.1 Å². The average molecular weight is 413 g/mol. The molecule has 0 amide bonds. The molecular formula is C21H15N7O3. The Balaban J connectivity index is 1.68. The summed E-state index contributed by atoms with van der Waals surface area (Å²) >= 11 is 0. The summed E-state index contributed by atoms with van der Waals surface area (Å²) in [4.78, 5) is 14.4. The molecule has 10 heteroatoms. The summed E-state index contributed by atoms with van der Waals surface area (Å²) in [5.74, 6) is 0.505. The lowest BCUT2D eigenvalue weighted by atomic mass is 10.1. The van der Waals surface area contributed by atoms with E-state index in [1.165, 1.54) is 12.1 Å². The molecule has 0 bridgehead atoms. The number of benzene rings is 2. The summed E-state index contributed by atoms with van der Waals surface area (Å²) < 4.78 is 6.95. The van der Waals surface area contributed by atoms with E-state index in [0.29, 0.717) is 22.8 Å². The van der Waals surface area contributed by atoms with E-state index in [-0.39, 0.29) is 17.3 Å². The number of hydrazone groups is 1. The zero-order chi connectivity index (χ0) is 21.8. The molecule has 2 aromatic heterocycles. The van der Waals surface area contributed by atoms with E-state index >= 15 is 0 Å². The minimum Gasteiger partial charge on any atom is -0.422 e. The zero-order valence-electron chi connectivity index (χ0n) is 16.3. The van der Waals surface area contributed by atoms with Crippen molar-refractivity contribution in [2.45, 2.75) is 6.92 Å². The molecule has 4 rings (SSSR count). The van der Waals surface area contributed by atoms with E-state index in [1.54, 1.807) is 36.1 Å². The minimum atomic E-state index is -0.452. The molecule has 0 atom stereocenters. The van der Waals surface area contributed by atoms with Gasteiger partial charge in [0.1, 0.15) is 11.8 Å². The van der Waals surface area contributed by atoms with Gasteiger partial charge in [-0.05, 0) is 12.1 Å². The van der Waals surface area contributed by atoms with Crippen LogP contribution in [0.4, 0.5) is 11.6 Å². The van der Waals surface area contributed by atoms with Crippen LogP contribution in [0.2, 0.25) is 0 Å². The number of nitro groups is 1. The van der Waals surface area contributed by atoms with Gasteiger partial charge in [-0.2, -0.15) is 15.5 Å². The number of oxazole rings is 1. The Morgan fingerprint density at radius 3 is 2.65 bits per heavy atom. The van der Waals surface area contributed by atoms with Crippen molar-refractivity contribution >= 4 is 17.8 Å². The summed E-state index contributed by atoms with van der Waals surface area (Å²) in [6.07, 6.45) is 3.31. The van der Waals surface area contributed by atoms with Crippen molar-refractivity contribution in [2.75, 3.05) is 5.43 Å². The molecule has 0 aliphatic carbocycles. The maximum atomic E-state index is 10.9. The van der Waals surface area contributed by atoms with Gasteiger partial charge in [-0.1, -0.05) is 30.3 Å². The number of aromatic nitrogens is 3. The molecule has 0 aliphatic heterocycles. The van der Waals surface area contributed by atoms with Crippen molar-refractivity contribution in [1.82, 2.24) is 14.8 Å². The Labute approximate surface area is 176 Å². The van der Waals surface area contributed by atoms with Crippen molar-refractivity contribution < 1.29 is 9.34 Å². The van der Waals surface area contributed by atoms with E-state index < -0.39 is 4.92 Å². The van der Waals surface area contributed by atoms with E-state index in [4.69, 9.17) is 9.68 Å². The molecule has 31 heavy (non-hydrogen) atoms. The Bertz CT molecular complexity index is 1300. The Morgan fingerprint density at radius 1 is 1.23 bits per heavy atom. The number of hydrogen-bond acceptors (Lipinski definition) is 8. The largest absolute Gasteiger partial charge is 0.422 e. The number of anilines is 1. The SMILES string of the molecule is Cc1nc(C#N)c(N/N=C/c2cn(-c3ccc([N+](=O)[O-])cc3)nc2-c2ccccc2)o1. The van der Waals surface area contributed by atoms with Gasteiger partial charge in [0, 0.05) is 36.4 Å². The van der Waals surface area contributed by atoms with Gasteiger partial charge >= 0.3 is 0 Å². The van der Waals surface area contributed by atoms with Crippen LogP contribution in [0.15, 0.2) is 70.3 Å². The highest BCUT2D eigenvalue weighted by molar-refractivity contribution is 5.89. The Hall–Kier alpha value is -4.78. The van der Waals surface area contributed by atoms with Crippen LogP contribution in [0.5, 0.6) is 0 Å². The normalized spacial score (nSPS) is 10.8. The highest BCUT2D eigenvalue weighted by Crippen LogP contribution is 2.24. The van der Waals surface area contributed by atoms with Crippen LogP contribution in [-0.2, 0) is 0 Å². The minimum absolute atomic E-state index is 0.000762. The number of hydrogen-bond donors (Lipinski definition) is 1. The third-order valence-corrected chi connectivity index (χ3v) is 4.32. The molecule has 0 saturated carbocycles. The van der Waals surface area contributed by atoms with Gasteiger partial charge in [0.15, 0.2) is 5.89 Å². The van der Waals surface area contributed by atoms with Crippen molar-refractivity contribution in [3.63, 3.8) is 0 Å². The molecule has 0 radical (unpaired) electrons. The Morgan fingerprint density at radius 2 is 1.97 bits per heavy atom. The van der Waals surface area contributed by atoms with Crippen molar-refractivity contribution in [2.24, 2.45) is 5.10 Å². The number of nitrogens with one attached hydrogen (secondary N) is 1. The topological polar surface area (TPSA) is 135 Å². The lowest BCUT2D eigenvalue weighted by molar-refractivity contribution is -0.384. The summed E-state index contributed by atoms with van der Waals surface area (Å²) in [6, 6.07) is 17.6. The van der Waals surface area contributed by atoms with Gasteiger partial charge in [-0.25, -0.2) is 15.1 Å². The summed E-state index contributed by atoms with van der Waals surface area (Å²) in [5.41, 5.74) is 5.68. The fourth-order valence-electron chi connectivity index (χ4n) is 2.90. The van der Waals surface area contributed by atoms with Gasteiger partial charge in [0.25, 0.3) is 11.6 Å². The molecule has 152 valence electrons. The third kappa shape index (κ3) is 4.15. The van der Waals surface area contributed by atoms with Crippen LogP contribution in [0.25, 0.3) is 16.9 Å². The van der Waals surface area contributed by atoms with Gasteiger partial charge in [-0.15, -0.1) is 0 Å². The van der Waals surface area contributed by atoms with Crippen LogP contribution in [0.3, 0.4) is 0 Å². The summed E-state index contributed by atoms with van der Waals surface area (Å²) in [5, 5.41) is 28.8. The number of rotatable bonds is 6. The predicted molar refractivity (Wildman–Crippen MR) is 113 cm³/mol. The first kappa shape index (κ1) is 19.5. The Kier molecular flexibility index (Phi) is 5.23. The first-order chi connectivity index (χ1) is 15.0. The number of nitriles is 1. The molecule has 1 N–H and O–H groups in total. The second-order valence-electron chi connectivity index (χ2n) is 6.41. The zero-order valence-corrected chi connectivity index (χ0v) is 16.3. The summed E-state index contributed by atoms with van der Waals surface area (Å²) in [6.45, 7) is 1.64. The molecule has 10 nitrogen and oxygen atoms in total. The van der Waals surface area contributed by atoms with Crippen LogP contribution in [-0.4, -0.2) is 25.9 Å². The molecule has 2 heterocycles. The van der Waals surface area contributed by atoms with E-state index in [2.05, 4.69) is 20.6 Å². The van der Waals surface area contributed by atoms with Gasteiger partial charge in [0.05, 0.1) is 16.8 Å². The van der Waals surface area contributed by atoms with Crippen LogP contribution < -0.4 is 5.43 Å². The van der Waals surface area contributed by atoms with Crippen molar-refractivity contribution in [1.29, 1.82) is 5.26 Å². The lowest BCUT2D eigenvalue weighted by Gasteiger charge is -2.00. The first-order valence-electron chi connectivity index (χ1n) is 9.11. The van der Waals surface area contributed by atoms with E-state index in [1.807, 2.05) is 36.4 Å². The van der Waals surface area contributed by atoms with E-state index in [9.17, 15) is 10.1 Å².